The highest BCUT2D eigenvalue weighted by atomic mass is 16.5. The summed E-state index contributed by atoms with van der Waals surface area (Å²) in [4.78, 5) is 13.5. The van der Waals surface area contributed by atoms with Crippen molar-refractivity contribution in [1.29, 1.82) is 0 Å². The van der Waals surface area contributed by atoms with Crippen molar-refractivity contribution < 1.29 is 4.74 Å². The first-order valence-electron chi connectivity index (χ1n) is 9.88. The number of pyridine rings is 1. The summed E-state index contributed by atoms with van der Waals surface area (Å²) in [6, 6.07) is 23.7. The Bertz CT molecular complexity index is 1090. The number of aromatic nitrogens is 3. The Morgan fingerprint density at radius 3 is 2.53 bits per heavy atom. The van der Waals surface area contributed by atoms with Crippen molar-refractivity contribution in [3.8, 4) is 17.0 Å². The van der Waals surface area contributed by atoms with Crippen molar-refractivity contribution in [1.82, 2.24) is 15.0 Å². The van der Waals surface area contributed by atoms with E-state index >= 15 is 0 Å². The topological polar surface area (TPSA) is 72.0 Å². The van der Waals surface area contributed by atoms with Crippen LogP contribution in [-0.4, -0.2) is 21.6 Å². The summed E-state index contributed by atoms with van der Waals surface area (Å²) >= 11 is 0. The molecule has 0 saturated carbocycles. The average Bonchev–Trinajstić information content (AvgIpc) is 2.80. The fourth-order valence-corrected chi connectivity index (χ4v) is 3.02. The SMILES string of the molecule is CCOc1ccccc1Nc1nc(NCc2cccnc2)cc(-c2ccccc2)n1. The third-order valence-electron chi connectivity index (χ3n) is 4.43. The highest BCUT2D eigenvalue weighted by Gasteiger charge is 2.10. The number of anilines is 3. The van der Waals surface area contributed by atoms with Gasteiger partial charge in [0.15, 0.2) is 0 Å². The molecule has 0 fully saturated rings. The van der Waals surface area contributed by atoms with Gasteiger partial charge in [-0.05, 0) is 30.7 Å². The van der Waals surface area contributed by atoms with E-state index in [1.807, 2.05) is 85.9 Å². The normalized spacial score (nSPS) is 10.4. The first kappa shape index (κ1) is 19.4. The van der Waals surface area contributed by atoms with Crippen molar-refractivity contribution in [2.75, 3.05) is 17.2 Å². The van der Waals surface area contributed by atoms with E-state index in [1.165, 1.54) is 0 Å². The molecule has 2 aromatic carbocycles. The van der Waals surface area contributed by atoms with Gasteiger partial charge in [-0.3, -0.25) is 4.98 Å². The molecule has 2 N–H and O–H groups in total. The molecule has 6 nitrogen and oxygen atoms in total. The fraction of sp³-hybridized carbons (Fsp3) is 0.125. The van der Waals surface area contributed by atoms with Crippen LogP contribution >= 0.6 is 0 Å². The maximum atomic E-state index is 5.72. The molecule has 6 heteroatoms. The number of nitrogens with zero attached hydrogens (tertiary/aromatic N) is 3. The fourth-order valence-electron chi connectivity index (χ4n) is 3.02. The van der Waals surface area contributed by atoms with E-state index in [9.17, 15) is 0 Å². The van der Waals surface area contributed by atoms with E-state index in [2.05, 4.69) is 20.6 Å². The molecule has 0 unspecified atom stereocenters. The number of nitrogens with one attached hydrogen (secondary N) is 2. The summed E-state index contributed by atoms with van der Waals surface area (Å²) in [5.74, 6) is 1.99. The largest absolute Gasteiger partial charge is 0.492 e. The van der Waals surface area contributed by atoms with Gasteiger partial charge in [0.2, 0.25) is 5.95 Å². The van der Waals surface area contributed by atoms with Crippen LogP contribution in [0, 0.1) is 0 Å². The molecule has 30 heavy (non-hydrogen) atoms. The Kier molecular flexibility index (Phi) is 6.15. The lowest BCUT2D eigenvalue weighted by Crippen LogP contribution is -2.06. The predicted molar refractivity (Wildman–Crippen MR) is 120 cm³/mol. The molecule has 4 rings (SSSR count). The molecular weight excluding hydrogens is 374 g/mol. The Labute approximate surface area is 176 Å². The van der Waals surface area contributed by atoms with Crippen molar-refractivity contribution in [2.24, 2.45) is 0 Å². The van der Waals surface area contributed by atoms with Gasteiger partial charge in [0, 0.05) is 30.6 Å². The quantitative estimate of drug-likeness (QED) is 0.421. The maximum Gasteiger partial charge on any atom is 0.229 e. The Morgan fingerprint density at radius 2 is 1.73 bits per heavy atom. The zero-order valence-electron chi connectivity index (χ0n) is 16.7. The van der Waals surface area contributed by atoms with E-state index in [1.54, 1.807) is 6.20 Å². The molecule has 0 aliphatic rings. The zero-order chi connectivity index (χ0) is 20.6. The molecule has 2 aromatic heterocycles. The highest BCUT2D eigenvalue weighted by molar-refractivity contribution is 5.68. The van der Waals surface area contributed by atoms with Gasteiger partial charge in [-0.1, -0.05) is 48.5 Å². The Hall–Kier alpha value is -3.93. The summed E-state index contributed by atoms with van der Waals surface area (Å²) in [6.45, 7) is 3.17. The van der Waals surface area contributed by atoms with Gasteiger partial charge in [-0.25, -0.2) is 4.98 Å². The van der Waals surface area contributed by atoms with Gasteiger partial charge in [0.05, 0.1) is 18.0 Å². The molecule has 0 bridgehead atoms. The summed E-state index contributed by atoms with van der Waals surface area (Å²) in [5.41, 5.74) is 3.75. The van der Waals surface area contributed by atoms with E-state index in [-0.39, 0.29) is 0 Å². The van der Waals surface area contributed by atoms with Gasteiger partial charge in [-0.2, -0.15) is 4.98 Å². The number of hydrogen-bond acceptors (Lipinski definition) is 6. The zero-order valence-corrected chi connectivity index (χ0v) is 16.7. The molecule has 0 aliphatic heterocycles. The van der Waals surface area contributed by atoms with Crippen LogP contribution in [0.1, 0.15) is 12.5 Å². The number of rotatable bonds is 8. The van der Waals surface area contributed by atoms with Crippen LogP contribution in [0.15, 0.2) is 85.2 Å². The first-order chi connectivity index (χ1) is 14.8. The van der Waals surface area contributed by atoms with Crippen LogP contribution in [0.2, 0.25) is 0 Å². The van der Waals surface area contributed by atoms with Gasteiger partial charge >= 0.3 is 0 Å². The number of para-hydroxylation sites is 2. The maximum absolute atomic E-state index is 5.72. The van der Waals surface area contributed by atoms with Gasteiger partial charge in [-0.15, -0.1) is 0 Å². The minimum absolute atomic E-state index is 0.497. The van der Waals surface area contributed by atoms with Gasteiger partial charge < -0.3 is 15.4 Å². The van der Waals surface area contributed by atoms with E-state index in [0.717, 1.165) is 34.1 Å². The predicted octanol–water partition coefficient (Wildman–Crippen LogP) is 5.29. The molecule has 0 saturated heterocycles. The lowest BCUT2D eigenvalue weighted by atomic mass is 10.1. The van der Waals surface area contributed by atoms with Crippen molar-refractivity contribution in [3.63, 3.8) is 0 Å². The molecule has 150 valence electrons. The molecule has 2 heterocycles. The smallest absolute Gasteiger partial charge is 0.229 e. The third kappa shape index (κ3) is 4.91. The molecule has 0 atom stereocenters. The van der Waals surface area contributed by atoms with Crippen LogP contribution in [0.3, 0.4) is 0 Å². The standard InChI is InChI=1S/C24H23N5O/c1-2-30-22-13-7-6-12-20(22)27-24-28-21(19-10-4-3-5-11-19)15-23(29-24)26-17-18-9-8-14-25-16-18/h3-16H,2,17H2,1H3,(H2,26,27,28,29). The van der Waals surface area contributed by atoms with Gasteiger partial charge in [0.25, 0.3) is 0 Å². The second-order valence-electron chi connectivity index (χ2n) is 6.60. The van der Waals surface area contributed by atoms with Crippen LogP contribution in [0.25, 0.3) is 11.3 Å². The summed E-state index contributed by atoms with van der Waals surface area (Å²) < 4.78 is 5.72. The minimum Gasteiger partial charge on any atom is -0.492 e. The van der Waals surface area contributed by atoms with Crippen molar-refractivity contribution >= 4 is 17.5 Å². The van der Waals surface area contributed by atoms with Crippen molar-refractivity contribution in [3.05, 3.63) is 90.8 Å². The average molecular weight is 397 g/mol. The minimum atomic E-state index is 0.497. The second kappa shape index (κ2) is 9.52. The van der Waals surface area contributed by atoms with Crippen LogP contribution in [0.4, 0.5) is 17.5 Å². The number of ether oxygens (including phenoxy) is 1. The molecule has 0 amide bonds. The lowest BCUT2D eigenvalue weighted by molar-refractivity contribution is 0.342. The van der Waals surface area contributed by atoms with E-state index < -0.39 is 0 Å². The summed E-state index contributed by atoms with van der Waals surface area (Å²) in [7, 11) is 0. The first-order valence-corrected chi connectivity index (χ1v) is 9.88. The molecule has 0 radical (unpaired) electrons. The monoisotopic (exact) mass is 397 g/mol. The molecule has 0 spiro atoms. The third-order valence-corrected chi connectivity index (χ3v) is 4.43. The second-order valence-corrected chi connectivity index (χ2v) is 6.60. The molecular formula is C24H23N5O. The summed E-state index contributed by atoms with van der Waals surface area (Å²) in [6.07, 6.45) is 3.60. The van der Waals surface area contributed by atoms with Crippen molar-refractivity contribution in [2.45, 2.75) is 13.5 Å². The number of benzene rings is 2. The van der Waals surface area contributed by atoms with E-state index in [0.29, 0.717) is 19.1 Å². The summed E-state index contributed by atoms with van der Waals surface area (Å²) in [5, 5.41) is 6.68. The Morgan fingerprint density at radius 1 is 0.900 bits per heavy atom. The Balaban J connectivity index is 1.65. The molecule has 4 aromatic rings. The van der Waals surface area contributed by atoms with Crippen LogP contribution < -0.4 is 15.4 Å². The van der Waals surface area contributed by atoms with E-state index in [4.69, 9.17) is 9.72 Å². The lowest BCUT2D eigenvalue weighted by Gasteiger charge is -2.14. The highest BCUT2D eigenvalue weighted by Crippen LogP contribution is 2.28. The van der Waals surface area contributed by atoms with Gasteiger partial charge in [0.1, 0.15) is 11.6 Å². The van der Waals surface area contributed by atoms with Crippen LogP contribution in [0.5, 0.6) is 5.75 Å². The molecule has 0 aliphatic carbocycles. The number of hydrogen-bond donors (Lipinski definition) is 2. The van der Waals surface area contributed by atoms with Crippen LogP contribution in [-0.2, 0) is 6.54 Å².